The monoisotopic (exact) mass is 382 g/mol. The number of aryl methyl sites for hydroxylation is 2. The third-order valence-corrected chi connectivity index (χ3v) is 5.28. The maximum absolute atomic E-state index is 12.4. The fourth-order valence-corrected chi connectivity index (χ4v) is 4.18. The topological polar surface area (TPSA) is 55.1 Å². The van der Waals surface area contributed by atoms with E-state index in [4.69, 9.17) is 16.0 Å². The Kier molecular flexibility index (Phi) is 4.26. The molecule has 0 bridgehead atoms. The zero-order valence-electron chi connectivity index (χ0n) is 14.2. The summed E-state index contributed by atoms with van der Waals surface area (Å²) in [5, 5.41) is 5.75. The van der Waals surface area contributed by atoms with Crippen molar-refractivity contribution in [2.45, 2.75) is 13.8 Å². The average molecular weight is 383 g/mol. The summed E-state index contributed by atoms with van der Waals surface area (Å²) in [6.07, 6.45) is 1.70. The van der Waals surface area contributed by atoms with Gasteiger partial charge in [-0.25, -0.2) is 9.78 Å². The Morgan fingerprint density at radius 2 is 1.85 bits per heavy atom. The summed E-state index contributed by atoms with van der Waals surface area (Å²) < 4.78 is 5.39. The highest BCUT2D eigenvalue weighted by atomic mass is 35.5. The van der Waals surface area contributed by atoms with Crippen LogP contribution in [0.3, 0.4) is 0 Å². The number of anilines is 2. The highest BCUT2D eigenvalue weighted by Crippen LogP contribution is 2.36. The Morgan fingerprint density at radius 1 is 1.12 bits per heavy atom. The Morgan fingerprint density at radius 3 is 2.62 bits per heavy atom. The predicted molar refractivity (Wildman–Crippen MR) is 108 cm³/mol. The number of aromatic nitrogens is 1. The zero-order chi connectivity index (χ0) is 18.3. The van der Waals surface area contributed by atoms with E-state index in [1.54, 1.807) is 18.3 Å². The van der Waals surface area contributed by atoms with Gasteiger partial charge in [-0.15, -0.1) is 0 Å². The molecular formula is C20H15ClN2O2S. The Hall–Kier alpha value is -2.63. The minimum atomic E-state index is -0.485. The number of nitrogens with one attached hydrogen (secondary N) is 1. The summed E-state index contributed by atoms with van der Waals surface area (Å²) in [6.45, 7) is 4.10. The molecule has 6 heteroatoms. The number of para-hydroxylation sites is 1. The number of hydrogen-bond donors (Lipinski definition) is 1. The van der Waals surface area contributed by atoms with Crippen molar-refractivity contribution in [2.24, 2.45) is 0 Å². The van der Waals surface area contributed by atoms with Crippen LogP contribution in [0.15, 0.2) is 57.9 Å². The summed E-state index contributed by atoms with van der Waals surface area (Å²) >= 11 is 7.84. The largest absolute Gasteiger partial charge is 0.422 e. The lowest BCUT2D eigenvalue weighted by molar-refractivity contribution is 0.563. The second-order valence-corrected chi connectivity index (χ2v) is 7.51. The summed E-state index contributed by atoms with van der Waals surface area (Å²) in [6, 6.07) is 13.4. The van der Waals surface area contributed by atoms with Crippen molar-refractivity contribution >= 4 is 44.6 Å². The molecule has 0 spiro atoms. The molecule has 0 fully saturated rings. The maximum Gasteiger partial charge on any atom is 0.348 e. The van der Waals surface area contributed by atoms with Gasteiger partial charge in [0.15, 0.2) is 0 Å². The minimum Gasteiger partial charge on any atom is -0.422 e. The van der Waals surface area contributed by atoms with Crippen molar-refractivity contribution in [3.05, 3.63) is 75.2 Å². The van der Waals surface area contributed by atoms with Gasteiger partial charge in [-0.2, -0.15) is 0 Å². The number of nitrogens with zero attached hydrogens (tertiary/aromatic N) is 1. The number of fused-ring (bicyclic) bond motifs is 1. The first-order chi connectivity index (χ1) is 12.5. The van der Waals surface area contributed by atoms with Gasteiger partial charge in [0.1, 0.15) is 21.2 Å². The molecule has 4 rings (SSSR count). The van der Waals surface area contributed by atoms with E-state index < -0.39 is 5.63 Å². The van der Waals surface area contributed by atoms with Crippen LogP contribution in [0.5, 0.6) is 0 Å². The lowest BCUT2D eigenvalue weighted by atomic mass is 10.1. The molecule has 0 radical (unpaired) electrons. The van der Waals surface area contributed by atoms with Crippen molar-refractivity contribution in [3.8, 4) is 10.6 Å². The normalized spacial score (nSPS) is 11.0. The van der Waals surface area contributed by atoms with Crippen molar-refractivity contribution in [1.29, 1.82) is 0 Å². The van der Waals surface area contributed by atoms with E-state index in [-0.39, 0.29) is 0 Å². The number of halogens is 1. The first-order valence-electron chi connectivity index (χ1n) is 8.04. The Labute approximate surface area is 159 Å². The molecule has 0 aliphatic heterocycles. The molecule has 0 aliphatic carbocycles. The van der Waals surface area contributed by atoms with Crippen LogP contribution in [0, 0.1) is 13.8 Å². The maximum atomic E-state index is 12.4. The van der Waals surface area contributed by atoms with Crippen LogP contribution in [-0.4, -0.2) is 4.98 Å². The number of hydrogen-bond acceptors (Lipinski definition) is 5. The molecule has 0 saturated carbocycles. The molecule has 4 nitrogen and oxygen atoms in total. The van der Waals surface area contributed by atoms with E-state index in [0.717, 1.165) is 10.7 Å². The Balaban J connectivity index is 1.74. The van der Waals surface area contributed by atoms with Gasteiger partial charge in [0.05, 0.1) is 11.2 Å². The van der Waals surface area contributed by atoms with Crippen molar-refractivity contribution in [3.63, 3.8) is 0 Å². The first-order valence-corrected chi connectivity index (χ1v) is 9.23. The third kappa shape index (κ3) is 3.11. The fraction of sp³-hybridized carbons (Fsp3) is 0.100. The van der Waals surface area contributed by atoms with Gasteiger partial charge in [-0.3, -0.25) is 0 Å². The SMILES string of the molecule is Cc1cc(C)cc(Nc2cnc(-c3c(Cl)c4ccccc4oc3=O)s2)c1. The quantitative estimate of drug-likeness (QED) is 0.446. The second-order valence-electron chi connectivity index (χ2n) is 6.11. The van der Waals surface area contributed by atoms with Crippen LogP contribution in [0.1, 0.15) is 11.1 Å². The molecule has 26 heavy (non-hydrogen) atoms. The molecule has 0 amide bonds. The standard InChI is InChI=1S/C20H15ClN2O2S/c1-11-7-12(2)9-13(8-11)23-16-10-22-19(26-16)17-18(21)14-5-3-4-6-15(14)25-20(17)24/h3-10,23H,1-2H3. The number of benzene rings is 2. The molecular weight excluding hydrogens is 368 g/mol. The van der Waals surface area contributed by atoms with Crippen molar-refractivity contribution in [1.82, 2.24) is 4.98 Å². The molecule has 0 aliphatic rings. The van der Waals surface area contributed by atoms with E-state index in [1.807, 2.05) is 12.1 Å². The summed E-state index contributed by atoms with van der Waals surface area (Å²) in [7, 11) is 0. The van der Waals surface area contributed by atoms with E-state index in [1.165, 1.54) is 22.5 Å². The van der Waals surface area contributed by atoms with Crippen LogP contribution < -0.4 is 10.9 Å². The molecule has 2 heterocycles. The van der Waals surface area contributed by atoms with Crippen LogP contribution in [0.4, 0.5) is 10.7 Å². The van der Waals surface area contributed by atoms with Gasteiger partial charge < -0.3 is 9.73 Å². The van der Waals surface area contributed by atoms with E-state index in [9.17, 15) is 4.79 Å². The first kappa shape index (κ1) is 16.8. The zero-order valence-corrected chi connectivity index (χ0v) is 15.7. The summed E-state index contributed by atoms with van der Waals surface area (Å²) in [5.41, 5.74) is 3.61. The fourth-order valence-electron chi connectivity index (χ4n) is 2.93. The molecule has 1 N–H and O–H groups in total. The molecule has 130 valence electrons. The average Bonchev–Trinajstić information content (AvgIpc) is 3.02. The van der Waals surface area contributed by atoms with E-state index in [2.05, 4.69) is 42.3 Å². The van der Waals surface area contributed by atoms with Crippen LogP contribution in [0.25, 0.3) is 21.5 Å². The lowest BCUT2D eigenvalue weighted by Gasteiger charge is -2.06. The summed E-state index contributed by atoms with van der Waals surface area (Å²) in [4.78, 5) is 16.8. The highest BCUT2D eigenvalue weighted by molar-refractivity contribution is 7.19. The molecule has 0 unspecified atom stereocenters. The van der Waals surface area contributed by atoms with Gasteiger partial charge in [0.25, 0.3) is 0 Å². The lowest BCUT2D eigenvalue weighted by Crippen LogP contribution is -2.03. The third-order valence-electron chi connectivity index (χ3n) is 3.96. The van der Waals surface area contributed by atoms with Gasteiger partial charge in [-0.05, 0) is 49.2 Å². The van der Waals surface area contributed by atoms with Gasteiger partial charge >= 0.3 is 5.63 Å². The van der Waals surface area contributed by atoms with Crippen LogP contribution in [-0.2, 0) is 0 Å². The molecule has 0 atom stereocenters. The van der Waals surface area contributed by atoms with E-state index in [0.29, 0.717) is 26.6 Å². The second kappa shape index (κ2) is 6.59. The van der Waals surface area contributed by atoms with Crippen molar-refractivity contribution in [2.75, 3.05) is 5.32 Å². The van der Waals surface area contributed by atoms with Gasteiger partial charge in [0, 0.05) is 11.1 Å². The minimum absolute atomic E-state index is 0.295. The molecule has 2 aromatic heterocycles. The van der Waals surface area contributed by atoms with Crippen molar-refractivity contribution < 1.29 is 4.42 Å². The predicted octanol–water partition coefficient (Wildman–Crippen LogP) is 5.93. The molecule has 2 aromatic carbocycles. The number of rotatable bonds is 3. The molecule has 4 aromatic rings. The smallest absolute Gasteiger partial charge is 0.348 e. The van der Waals surface area contributed by atoms with E-state index >= 15 is 0 Å². The van der Waals surface area contributed by atoms with Gasteiger partial charge in [0.2, 0.25) is 0 Å². The summed E-state index contributed by atoms with van der Waals surface area (Å²) in [5.74, 6) is 0. The van der Waals surface area contributed by atoms with Crippen LogP contribution in [0.2, 0.25) is 5.02 Å². The van der Waals surface area contributed by atoms with Gasteiger partial charge in [-0.1, -0.05) is 41.1 Å². The van der Waals surface area contributed by atoms with Crippen LogP contribution >= 0.6 is 22.9 Å². The molecule has 0 saturated heterocycles. The number of thiazole rings is 1. The Bertz CT molecular complexity index is 1160. The highest BCUT2D eigenvalue weighted by Gasteiger charge is 2.18.